The summed E-state index contributed by atoms with van der Waals surface area (Å²) in [7, 11) is -0.829. The van der Waals surface area contributed by atoms with Crippen LogP contribution in [0.2, 0.25) is 0 Å². The van der Waals surface area contributed by atoms with E-state index in [0.717, 1.165) is 24.1 Å². The monoisotopic (exact) mass is 350 g/mol. The number of benzene rings is 1. The van der Waals surface area contributed by atoms with Crippen molar-refractivity contribution in [1.29, 1.82) is 0 Å². The lowest BCUT2D eigenvalue weighted by molar-refractivity contribution is 0.598. The standard InChI is InChI=1S/C11H17N.C7H14N3OP/c1-2-3-4-5-10-6-8-11(12)9-7-10;1-6-7(8)5-9-10(6)3-4-12(2)11/h6-9H,2-5,12H2,1H3;5,11H,3-4,8H2,1-2H3. The number of hydrogen-bond donors (Lipinski definition) is 3. The van der Waals surface area contributed by atoms with Gasteiger partial charge in [0, 0.05) is 26.5 Å². The van der Waals surface area contributed by atoms with E-state index in [1.807, 2.05) is 30.4 Å². The number of anilines is 2. The molecule has 1 heterocycles. The highest BCUT2D eigenvalue weighted by molar-refractivity contribution is 7.50. The predicted octanol–water partition coefficient (Wildman–Crippen LogP) is 3.79. The summed E-state index contributed by atoms with van der Waals surface area (Å²) in [5.74, 6) is 0. The van der Waals surface area contributed by atoms with Crippen molar-refractivity contribution in [3.8, 4) is 0 Å². The lowest BCUT2D eigenvalue weighted by Gasteiger charge is -2.05. The van der Waals surface area contributed by atoms with Crippen LogP contribution in [0.4, 0.5) is 11.4 Å². The van der Waals surface area contributed by atoms with E-state index in [-0.39, 0.29) is 0 Å². The molecule has 0 aliphatic heterocycles. The van der Waals surface area contributed by atoms with Crippen molar-refractivity contribution in [2.75, 3.05) is 24.3 Å². The summed E-state index contributed by atoms with van der Waals surface area (Å²) < 4.78 is 1.82. The number of aromatic nitrogens is 2. The molecule has 0 spiro atoms. The molecule has 1 aromatic carbocycles. The van der Waals surface area contributed by atoms with Gasteiger partial charge in [0.2, 0.25) is 0 Å². The van der Waals surface area contributed by atoms with E-state index in [9.17, 15) is 0 Å². The Hall–Kier alpha value is -1.58. The van der Waals surface area contributed by atoms with E-state index in [4.69, 9.17) is 16.4 Å². The van der Waals surface area contributed by atoms with Crippen LogP contribution in [0.3, 0.4) is 0 Å². The number of aryl methyl sites for hydroxylation is 2. The predicted molar refractivity (Wildman–Crippen MR) is 105 cm³/mol. The fourth-order valence-electron chi connectivity index (χ4n) is 2.19. The molecule has 0 saturated heterocycles. The van der Waals surface area contributed by atoms with Gasteiger partial charge in [-0.1, -0.05) is 31.9 Å². The number of hydrogen-bond acceptors (Lipinski definition) is 4. The van der Waals surface area contributed by atoms with Gasteiger partial charge in [-0.2, -0.15) is 5.10 Å². The number of unbranched alkanes of at least 4 members (excludes halogenated alkanes) is 2. The average Bonchev–Trinajstić information content (AvgIpc) is 2.87. The summed E-state index contributed by atoms with van der Waals surface area (Å²) in [5.41, 5.74) is 15.1. The molecule has 5 nitrogen and oxygen atoms in total. The Morgan fingerprint density at radius 1 is 1.17 bits per heavy atom. The third-order valence-electron chi connectivity index (χ3n) is 3.83. The normalized spacial score (nSPS) is 11.7. The van der Waals surface area contributed by atoms with E-state index >= 15 is 0 Å². The number of nitrogens with two attached hydrogens (primary N) is 2. The maximum Gasteiger partial charge on any atom is 0.0730 e. The van der Waals surface area contributed by atoms with E-state index in [2.05, 4.69) is 24.2 Å². The quantitative estimate of drug-likeness (QED) is 0.402. The summed E-state index contributed by atoms with van der Waals surface area (Å²) in [5, 5.41) is 4.08. The summed E-state index contributed by atoms with van der Waals surface area (Å²) >= 11 is 0. The summed E-state index contributed by atoms with van der Waals surface area (Å²) in [6, 6.07) is 8.18. The zero-order valence-electron chi connectivity index (χ0n) is 15.1. The van der Waals surface area contributed by atoms with E-state index in [1.54, 1.807) is 6.20 Å². The Kier molecular flexibility index (Phi) is 9.43. The Bertz CT molecular complexity index is 581. The topological polar surface area (TPSA) is 90.1 Å². The number of nitrogens with zero attached hydrogens (tertiary/aromatic N) is 2. The molecule has 2 rings (SSSR count). The Morgan fingerprint density at radius 3 is 2.33 bits per heavy atom. The smallest absolute Gasteiger partial charge is 0.0730 e. The molecular formula is C18H31N4OP. The van der Waals surface area contributed by atoms with Crippen LogP contribution in [0.15, 0.2) is 30.5 Å². The lowest BCUT2D eigenvalue weighted by Crippen LogP contribution is -2.05. The van der Waals surface area contributed by atoms with Gasteiger partial charge in [0.05, 0.1) is 17.6 Å². The van der Waals surface area contributed by atoms with Crippen molar-refractivity contribution in [3.63, 3.8) is 0 Å². The molecule has 1 unspecified atom stereocenters. The molecular weight excluding hydrogens is 319 g/mol. The Balaban J connectivity index is 0.000000240. The van der Waals surface area contributed by atoms with Gasteiger partial charge in [0.1, 0.15) is 0 Å². The molecule has 6 heteroatoms. The zero-order valence-corrected chi connectivity index (χ0v) is 16.0. The van der Waals surface area contributed by atoms with Crippen molar-refractivity contribution in [2.45, 2.75) is 46.1 Å². The van der Waals surface area contributed by atoms with Gasteiger partial charge in [-0.3, -0.25) is 4.68 Å². The van der Waals surface area contributed by atoms with Gasteiger partial charge in [-0.25, -0.2) is 0 Å². The first-order chi connectivity index (χ1) is 11.4. The number of nitrogen functional groups attached to an aromatic ring is 2. The van der Waals surface area contributed by atoms with Crippen LogP contribution in [-0.4, -0.2) is 27.5 Å². The molecule has 0 radical (unpaired) electrons. The molecule has 0 fully saturated rings. The van der Waals surface area contributed by atoms with Crippen molar-refractivity contribution in [3.05, 3.63) is 41.7 Å². The maximum atomic E-state index is 9.10. The maximum absolute atomic E-state index is 9.10. The van der Waals surface area contributed by atoms with Crippen LogP contribution in [0.5, 0.6) is 0 Å². The van der Waals surface area contributed by atoms with E-state index < -0.39 is 8.15 Å². The van der Waals surface area contributed by atoms with Crippen molar-refractivity contribution in [1.82, 2.24) is 9.78 Å². The first-order valence-electron chi connectivity index (χ1n) is 8.46. The van der Waals surface area contributed by atoms with Crippen LogP contribution in [0.25, 0.3) is 0 Å². The minimum Gasteiger partial charge on any atom is -0.399 e. The van der Waals surface area contributed by atoms with Crippen LogP contribution < -0.4 is 11.5 Å². The van der Waals surface area contributed by atoms with Crippen LogP contribution >= 0.6 is 8.15 Å². The fourth-order valence-corrected chi connectivity index (χ4v) is 2.67. The summed E-state index contributed by atoms with van der Waals surface area (Å²) in [4.78, 5) is 9.10. The molecule has 1 atom stereocenters. The Labute approximate surface area is 146 Å². The van der Waals surface area contributed by atoms with Crippen molar-refractivity contribution >= 4 is 19.5 Å². The molecule has 5 N–H and O–H groups in total. The first kappa shape index (κ1) is 20.5. The van der Waals surface area contributed by atoms with Crippen LogP contribution in [-0.2, 0) is 13.0 Å². The van der Waals surface area contributed by atoms with Gasteiger partial charge in [0.25, 0.3) is 0 Å². The molecule has 0 aliphatic carbocycles. The summed E-state index contributed by atoms with van der Waals surface area (Å²) in [6.07, 6.45) is 7.51. The number of rotatable bonds is 7. The average molecular weight is 350 g/mol. The van der Waals surface area contributed by atoms with Gasteiger partial charge in [-0.15, -0.1) is 0 Å². The second-order valence-corrected chi connectivity index (χ2v) is 7.75. The first-order valence-corrected chi connectivity index (χ1v) is 10.4. The SMILES string of the molecule is CCCCCc1ccc(N)cc1.Cc1c(N)cnn1CCP(C)O. The third kappa shape index (κ3) is 7.80. The molecule has 0 bridgehead atoms. The highest BCUT2D eigenvalue weighted by Gasteiger charge is 2.03. The molecule has 0 amide bonds. The van der Waals surface area contributed by atoms with Gasteiger partial charge >= 0.3 is 0 Å². The highest BCUT2D eigenvalue weighted by atomic mass is 31.1. The fraction of sp³-hybridized carbons (Fsp3) is 0.500. The molecule has 134 valence electrons. The van der Waals surface area contributed by atoms with Crippen LogP contribution in [0, 0.1) is 6.92 Å². The molecule has 2 aromatic rings. The second-order valence-electron chi connectivity index (χ2n) is 5.99. The van der Waals surface area contributed by atoms with Gasteiger partial charge in [0.15, 0.2) is 0 Å². The minimum absolute atomic E-state index is 0.716. The highest BCUT2D eigenvalue weighted by Crippen LogP contribution is 2.23. The lowest BCUT2D eigenvalue weighted by atomic mass is 10.1. The molecule has 24 heavy (non-hydrogen) atoms. The molecule has 0 aliphatic rings. The Morgan fingerprint density at radius 2 is 1.83 bits per heavy atom. The van der Waals surface area contributed by atoms with Gasteiger partial charge in [-0.05, 0) is 44.1 Å². The van der Waals surface area contributed by atoms with E-state index in [1.165, 1.54) is 31.2 Å². The third-order valence-corrected chi connectivity index (χ3v) is 4.67. The largest absolute Gasteiger partial charge is 0.399 e. The summed E-state index contributed by atoms with van der Waals surface area (Å²) in [6.45, 7) is 6.74. The second kappa shape index (κ2) is 11.1. The molecule has 0 saturated carbocycles. The van der Waals surface area contributed by atoms with E-state index in [0.29, 0.717) is 5.69 Å². The minimum atomic E-state index is -0.829. The molecule has 1 aromatic heterocycles. The van der Waals surface area contributed by atoms with Gasteiger partial charge < -0.3 is 16.4 Å². The van der Waals surface area contributed by atoms with Crippen LogP contribution in [0.1, 0.15) is 37.4 Å². The van der Waals surface area contributed by atoms with Crippen molar-refractivity contribution in [2.24, 2.45) is 0 Å². The van der Waals surface area contributed by atoms with Crippen molar-refractivity contribution < 1.29 is 4.89 Å². The zero-order chi connectivity index (χ0) is 17.9.